The number of aromatic nitrogens is 1. The average Bonchev–Trinajstić information content (AvgIpc) is 2.52. The Morgan fingerprint density at radius 3 is 2.10 bits per heavy atom. The van der Waals surface area contributed by atoms with Crippen LogP contribution in [0.4, 0.5) is 0 Å². The molecule has 0 aliphatic carbocycles. The zero-order chi connectivity index (χ0) is 14.6. The van der Waals surface area contributed by atoms with E-state index in [-0.39, 0.29) is 0 Å². The number of rotatable bonds is 5. The van der Waals surface area contributed by atoms with Crippen LogP contribution >= 0.6 is 0 Å². The van der Waals surface area contributed by atoms with Crippen LogP contribution in [0.1, 0.15) is 26.3 Å². The van der Waals surface area contributed by atoms with Crippen molar-refractivity contribution in [1.82, 2.24) is 4.98 Å². The van der Waals surface area contributed by atoms with Crippen LogP contribution in [0.2, 0.25) is 15.8 Å². The van der Waals surface area contributed by atoms with Gasteiger partial charge in [-0.05, 0) is 0 Å². The maximum absolute atomic E-state index is 4.66. The summed E-state index contributed by atoms with van der Waals surface area (Å²) in [6.07, 6.45) is 2.08. The monoisotopic (exact) mass is 329 g/mol. The van der Waals surface area contributed by atoms with Crippen LogP contribution in [-0.4, -0.2) is 18.3 Å². The normalized spacial score (nSPS) is 11.6. The second-order valence-corrected chi connectivity index (χ2v) is 16.5. The van der Waals surface area contributed by atoms with Gasteiger partial charge in [-0.25, -0.2) is 0 Å². The van der Waals surface area contributed by atoms with Crippen molar-refractivity contribution < 1.29 is 0 Å². The van der Waals surface area contributed by atoms with Gasteiger partial charge >= 0.3 is 126 Å². The van der Waals surface area contributed by atoms with E-state index < -0.39 is 13.3 Å². The van der Waals surface area contributed by atoms with E-state index in [0.717, 1.165) is 5.69 Å². The summed E-state index contributed by atoms with van der Waals surface area (Å²) < 4.78 is 1.66. The second-order valence-electron chi connectivity index (χ2n) is 5.59. The van der Waals surface area contributed by atoms with Crippen LogP contribution < -0.4 is 4.40 Å². The van der Waals surface area contributed by atoms with Crippen molar-refractivity contribution in [2.24, 2.45) is 0 Å². The van der Waals surface area contributed by atoms with Gasteiger partial charge in [-0.2, -0.15) is 0 Å². The summed E-state index contributed by atoms with van der Waals surface area (Å²) >= 11 is -1.91. The molecular weight excluding hydrogens is 303 g/mol. The van der Waals surface area contributed by atoms with Gasteiger partial charge in [0, 0.05) is 0 Å². The Kier molecular flexibility index (Phi) is 5.03. The van der Waals surface area contributed by atoms with E-state index in [0.29, 0.717) is 0 Å². The van der Waals surface area contributed by atoms with Gasteiger partial charge in [0.15, 0.2) is 0 Å². The van der Waals surface area contributed by atoms with Gasteiger partial charge in [-0.3, -0.25) is 0 Å². The van der Waals surface area contributed by atoms with Crippen LogP contribution in [0, 0.1) is 6.92 Å². The van der Waals surface area contributed by atoms with Crippen molar-refractivity contribution in [2.45, 2.75) is 43.5 Å². The number of nitrogens with zero attached hydrogens (tertiary/aromatic N) is 1. The molecule has 0 aliphatic rings. The Morgan fingerprint density at radius 1 is 0.950 bits per heavy atom. The summed E-state index contributed by atoms with van der Waals surface area (Å²) in [4.78, 5) is 4.66. The molecule has 106 valence electrons. The number of aryl methyl sites for hydroxylation is 1. The van der Waals surface area contributed by atoms with Crippen LogP contribution in [0.15, 0.2) is 42.6 Å². The number of hydrogen-bond acceptors (Lipinski definition) is 1. The van der Waals surface area contributed by atoms with Crippen molar-refractivity contribution in [3.05, 3.63) is 48.2 Å². The molecule has 0 radical (unpaired) electrons. The molecule has 0 spiro atoms. The molecule has 2 rings (SSSR count). The van der Waals surface area contributed by atoms with E-state index in [1.54, 1.807) is 4.40 Å². The third kappa shape index (κ3) is 2.83. The Hall–Kier alpha value is -1.09. The molecule has 0 unspecified atom stereocenters. The van der Waals surface area contributed by atoms with Crippen molar-refractivity contribution in [1.29, 1.82) is 0 Å². The molecule has 1 aromatic heterocycles. The summed E-state index contributed by atoms with van der Waals surface area (Å²) in [6, 6.07) is 12.9. The second kappa shape index (κ2) is 6.58. The molecule has 0 N–H and O–H groups in total. The van der Waals surface area contributed by atoms with Gasteiger partial charge in [-0.1, -0.05) is 0 Å². The fourth-order valence-corrected chi connectivity index (χ4v) is 11.5. The van der Waals surface area contributed by atoms with Crippen molar-refractivity contribution >= 4 is 17.7 Å². The number of hydrogen-bond donors (Lipinski definition) is 0. The summed E-state index contributed by atoms with van der Waals surface area (Å²) in [6.45, 7) is 9.39. The molecule has 0 atom stereocenters. The Bertz CT molecular complexity index is 551. The molecule has 1 aromatic carbocycles. The first-order valence-corrected chi connectivity index (χ1v) is 13.2. The van der Waals surface area contributed by atoms with Crippen LogP contribution in [0.25, 0.3) is 11.3 Å². The number of pyridine rings is 1. The van der Waals surface area contributed by atoms with Gasteiger partial charge in [0.25, 0.3) is 0 Å². The zero-order valence-corrected chi connectivity index (χ0v) is 15.2. The minimum atomic E-state index is -1.91. The van der Waals surface area contributed by atoms with Gasteiger partial charge < -0.3 is 0 Å². The molecule has 0 bridgehead atoms. The molecule has 1 heterocycles. The standard InChI is InChI=1S/C18H25GeN/c1-5-19(6-2,7-3)17-13-18(20-14-15(17)4)16-11-9-8-10-12-16/h8-14H,5-7H2,1-4H3. The molecule has 1 nitrogen and oxygen atoms in total. The van der Waals surface area contributed by atoms with E-state index in [4.69, 9.17) is 0 Å². The zero-order valence-electron chi connectivity index (χ0n) is 13.1. The summed E-state index contributed by atoms with van der Waals surface area (Å²) in [5.74, 6) is 0. The fourth-order valence-electron chi connectivity index (χ4n) is 3.18. The van der Waals surface area contributed by atoms with E-state index >= 15 is 0 Å². The van der Waals surface area contributed by atoms with E-state index in [1.807, 2.05) is 0 Å². The van der Waals surface area contributed by atoms with E-state index in [1.165, 1.54) is 26.9 Å². The first-order valence-electron chi connectivity index (χ1n) is 7.69. The van der Waals surface area contributed by atoms with Gasteiger partial charge in [0.1, 0.15) is 0 Å². The first kappa shape index (κ1) is 15.3. The van der Waals surface area contributed by atoms with Gasteiger partial charge in [0.05, 0.1) is 0 Å². The predicted octanol–water partition coefficient (Wildman–Crippen LogP) is 4.77. The van der Waals surface area contributed by atoms with Crippen LogP contribution in [0.3, 0.4) is 0 Å². The molecule has 0 aliphatic heterocycles. The quantitative estimate of drug-likeness (QED) is 0.721. The van der Waals surface area contributed by atoms with Gasteiger partial charge in [-0.15, -0.1) is 0 Å². The minimum absolute atomic E-state index is 1.14. The maximum atomic E-state index is 4.66. The molecule has 0 saturated carbocycles. The third-order valence-corrected chi connectivity index (χ3v) is 16.8. The topological polar surface area (TPSA) is 12.9 Å². The Morgan fingerprint density at radius 2 is 1.55 bits per heavy atom. The summed E-state index contributed by atoms with van der Waals surface area (Å²) in [5.41, 5.74) is 3.76. The third-order valence-electron chi connectivity index (χ3n) is 4.77. The van der Waals surface area contributed by atoms with Crippen molar-refractivity contribution in [2.75, 3.05) is 0 Å². The molecular formula is C18H25GeN. The Labute approximate surface area is 125 Å². The molecule has 2 heteroatoms. The SMILES string of the molecule is C[CH2][Ge]([CH2]C)([CH2]C)[c]1cc(-c2ccccc2)ncc1C. The Balaban J connectivity index is 2.54. The molecule has 2 aromatic rings. The first-order chi connectivity index (χ1) is 9.66. The molecule has 0 amide bonds. The molecule has 0 saturated heterocycles. The van der Waals surface area contributed by atoms with Crippen LogP contribution in [0.5, 0.6) is 0 Å². The average molecular weight is 328 g/mol. The number of benzene rings is 1. The fraction of sp³-hybridized carbons (Fsp3) is 0.389. The van der Waals surface area contributed by atoms with E-state index in [9.17, 15) is 0 Å². The predicted molar refractivity (Wildman–Crippen MR) is 91.2 cm³/mol. The summed E-state index contributed by atoms with van der Waals surface area (Å²) in [7, 11) is 0. The van der Waals surface area contributed by atoms with Crippen molar-refractivity contribution in [3.63, 3.8) is 0 Å². The summed E-state index contributed by atoms with van der Waals surface area (Å²) in [5, 5.41) is 4.10. The van der Waals surface area contributed by atoms with Crippen LogP contribution in [-0.2, 0) is 0 Å². The molecule has 0 fully saturated rings. The van der Waals surface area contributed by atoms with Gasteiger partial charge in [0.2, 0.25) is 0 Å². The van der Waals surface area contributed by atoms with Crippen molar-refractivity contribution in [3.8, 4) is 11.3 Å². The molecule has 20 heavy (non-hydrogen) atoms. The van der Waals surface area contributed by atoms with E-state index in [2.05, 4.69) is 75.3 Å².